The number of nitrogens with zero attached hydrogens (tertiary/aromatic N) is 2. The number of rotatable bonds is 9. The van der Waals surface area contributed by atoms with Crippen molar-refractivity contribution in [3.63, 3.8) is 0 Å². The summed E-state index contributed by atoms with van der Waals surface area (Å²) >= 11 is 1.27. The first-order valence-electron chi connectivity index (χ1n) is 12.3. The van der Waals surface area contributed by atoms with Crippen molar-refractivity contribution >= 4 is 46.1 Å². The summed E-state index contributed by atoms with van der Waals surface area (Å²) in [6.45, 7) is 2.47. The largest absolute Gasteiger partial charge is 0.497 e. The maximum absolute atomic E-state index is 13.2. The van der Waals surface area contributed by atoms with Crippen LogP contribution in [0.5, 0.6) is 5.75 Å². The van der Waals surface area contributed by atoms with Crippen molar-refractivity contribution in [2.45, 2.75) is 25.0 Å². The van der Waals surface area contributed by atoms with E-state index in [1.807, 2.05) is 54.6 Å². The lowest BCUT2D eigenvalue weighted by Crippen LogP contribution is -2.46. The molecule has 3 aromatic rings. The molecule has 1 heterocycles. The molecular formula is C29H29N3O5S. The van der Waals surface area contributed by atoms with Crippen LogP contribution in [0.4, 0.5) is 11.4 Å². The van der Waals surface area contributed by atoms with Gasteiger partial charge in [-0.15, -0.1) is 0 Å². The number of amides is 2. The van der Waals surface area contributed by atoms with Gasteiger partial charge in [-0.25, -0.2) is 9.79 Å². The lowest BCUT2D eigenvalue weighted by molar-refractivity contribution is -0.129. The van der Waals surface area contributed by atoms with E-state index < -0.39 is 11.2 Å². The zero-order valence-electron chi connectivity index (χ0n) is 21.3. The highest BCUT2D eigenvalue weighted by molar-refractivity contribution is 8.15. The van der Waals surface area contributed by atoms with Gasteiger partial charge in [0.05, 0.1) is 25.0 Å². The van der Waals surface area contributed by atoms with Gasteiger partial charge in [0.1, 0.15) is 11.0 Å². The Morgan fingerprint density at radius 2 is 1.74 bits per heavy atom. The first-order valence-corrected chi connectivity index (χ1v) is 13.2. The number of hydrogen-bond donors (Lipinski definition) is 1. The Labute approximate surface area is 226 Å². The van der Waals surface area contributed by atoms with E-state index in [0.29, 0.717) is 35.1 Å². The van der Waals surface area contributed by atoms with Crippen molar-refractivity contribution in [3.8, 4) is 5.75 Å². The fourth-order valence-corrected chi connectivity index (χ4v) is 4.96. The number of benzene rings is 3. The zero-order chi connectivity index (χ0) is 26.9. The van der Waals surface area contributed by atoms with Crippen LogP contribution in [-0.2, 0) is 20.7 Å². The Hall–Kier alpha value is -4.11. The number of ether oxygens (including phenoxy) is 2. The number of para-hydroxylation sites is 1. The quantitative estimate of drug-likeness (QED) is 0.387. The first kappa shape index (κ1) is 26.9. The van der Waals surface area contributed by atoms with E-state index in [1.54, 1.807) is 43.2 Å². The summed E-state index contributed by atoms with van der Waals surface area (Å²) in [7, 11) is 1.62. The standard InChI is InChI=1S/C29H29N3O5S/c1-3-37-28(35)21-11-13-23(14-12-21)30-27(34)25-19-26(33)32(18-17-20-9-15-24(36-2)16-10-20)29(38-25)31-22-7-5-4-6-8-22/h4-16,25H,3,17-19H2,1-2H3,(H,30,34)/t25-/m1/s1. The highest BCUT2D eigenvalue weighted by Gasteiger charge is 2.35. The number of carbonyl (C=O) groups is 3. The van der Waals surface area contributed by atoms with Gasteiger partial charge >= 0.3 is 5.97 Å². The summed E-state index contributed by atoms with van der Waals surface area (Å²) < 4.78 is 10.2. The number of nitrogens with one attached hydrogen (secondary N) is 1. The second-order valence-corrected chi connectivity index (χ2v) is 9.64. The molecule has 1 saturated heterocycles. The molecule has 0 spiro atoms. The molecule has 0 aliphatic carbocycles. The topological polar surface area (TPSA) is 97.3 Å². The average Bonchev–Trinajstić information content (AvgIpc) is 2.94. The Bertz CT molecular complexity index is 1290. The van der Waals surface area contributed by atoms with Gasteiger partial charge in [0, 0.05) is 18.7 Å². The first-order chi connectivity index (χ1) is 18.5. The molecule has 0 unspecified atom stereocenters. The molecule has 9 heteroatoms. The molecule has 8 nitrogen and oxygen atoms in total. The summed E-state index contributed by atoms with van der Waals surface area (Å²) in [4.78, 5) is 44.6. The number of methoxy groups -OCH3 is 1. The van der Waals surface area contributed by atoms with Crippen LogP contribution in [0.3, 0.4) is 0 Å². The third-order valence-corrected chi connectivity index (χ3v) is 7.05. The van der Waals surface area contributed by atoms with E-state index in [1.165, 1.54) is 11.8 Å². The summed E-state index contributed by atoms with van der Waals surface area (Å²) in [6, 6.07) is 23.5. The van der Waals surface area contributed by atoms with Gasteiger partial charge in [-0.3, -0.25) is 14.5 Å². The minimum Gasteiger partial charge on any atom is -0.497 e. The van der Waals surface area contributed by atoms with Crippen molar-refractivity contribution in [1.29, 1.82) is 0 Å². The van der Waals surface area contributed by atoms with Gasteiger partial charge in [-0.2, -0.15) is 0 Å². The monoisotopic (exact) mass is 531 g/mol. The molecule has 1 atom stereocenters. The van der Waals surface area contributed by atoms with Crippen molar-refractivity contribution in [1.82, 2.24) is 4.90 Å². The van der Waals surface area contributed by atoms with E-state index in [4.69, 9.17) is 14.5 Å². The maximum atomic E-state index is 13.2. The molecular weight excluding hydrogens is 502 g/mol. The number of aliphatic imine (C=N–C) groups is 1. The van der Waals surface area contributed by atoms with Crippen LogP contribution < -0.4 is 10.1 Å². The van der Waals surface area contributed by atoms with Gasteiger partial charge in [-0.05, 0) is 67.4 Å². The number of amidine groups is 1. The predicted molar refractivity (Wildman–Crippen MR) is 149 cm³/mol. The van der Waals surface area contributed by atoms with Crippen molar-refractivity contribution in [2.24, 2.45) is 4.99 Å². The fraction of sp³-hybridized carbons (Fsp3) is 0.241. The Kier molecular flexibility index (Phi) is 9.16. The number of carbonyl (C=O) groups excluding carboxylic acids is 3. The molecule has 0 saturated carbocycles. The van der Waals surface area contributed by atoms with E-state index in [-0.39, 0.29) is 24.8 Å². The summed E-state index contributed by atoms with van der Waals surface area (Å²) in [5.41, 5.74) is 2.69. The smallest absolute Gasteiger partial charge is 0.338 e. The molecule has 0 aromatic heterocycles. The van der Waals surface area contributed by atoms with Crippen LogP contribution in [0.1, 0.15) is 29.3 Å². The van der Waals surface area contributed by atoms with E-state index in [2.05, 4.69) is 5.32 Å². The molecule has 1 N–H and O–H groups in total. The molecule has 0 radical (unpaired) electrons. The molecule has 38 heavy (non-hydrogen) atoms. The number of hydrogen-bond acceptors (Lipinski definition) is 7. The third-order valence-electron chi connectivity index (χ3n) is 5.86. The Morgan fingerprint density at radius 1 is 1.03 bits per heavy atom. The SMILES string of the molecule is CCOC(=O)c1ccc(NC(=O)[C@H]2CC(=O)N(CCc3ccc(OC)cc3)C(=Nc3ccccc3)S2)cc1. The third kappa shape index (κ3) is 7.01. The molecule has 1 aliphatic heterocycles. The van der Waals surface area contributed by atoms with Gasteiger partial charge in [0.25, 0.3) is 0 Å². The number of esters is 1. The van der Waals surface area contributed by atoms with Crippen LogP contribution in [-0.4, -0.2) is 53.4 Å². The van der Waals surface area contributed by atoms with Crippen LogP contribution >= 0.6 is 11.8 Å². The van der Waals surface area contributed by atoms with Gasteiger partial charge in [-0.1, -0.05) is 42.1 Å². The normalized spacial score (nSPS) is 16.3. The minimum atomic E-state index is -0.646. The van der Waals surface area contributed by atoms with Crippen LogP contribution in [0.2, 0.25) is 0 Å². The molecule has 1 aliphatic rings. The van der Waals surface area contributed by atoms with Gasteiger partial charge in [0.15, 0.2) is 5.17 Å². The lowest BCUT2D eigenvalue weighted by Gasteiger charge is -2.32. The Morgan fingerprint density at radius 3 is 2.39 bits per heavy atom. The van der Waals surface area contributed by atoms with Crippen molar-refractivity contribution in [2.75, 3.05) is 25.6 Å². The second-order valence-electron chi connectivity index (χ2n) is 8.47. The summed E-state index contributed by atoms with van der Waals surface area (Å²) in [5.74, 6) is -0.114. The van der Waals surface area contributed by atoms with E-state index in [9.17, 15) is 14.4 Å². The molecule has 1 fully saturated rings. The summed E-state index contributed by atoms with van der Waals surface area (Å²) in [5, 5.41) is 2.69. The maximum Gasteiger partial charge on any atom is 0.338 e. The van der Waals surface area contributed by atoms with Crippen molar-refractivity contribution < 1.29 is 23.9 Å². The zero-order valence-corrected chi connectivity index (χ0v) is 22.1. The highest BCUT2D eigenvalue weighted by Crippen LogP contribution is 2.30. The van der Waals surface area contributed by atoms with Gasteiger partial charge < -0.3 is 14.8 Å². The fourth-order valence-electron chi connectivity index (χ4n) is 3.83. The second kappa shape index (κ2) is 12.9. The van der Waals surface area contributed by atoms with Crippen LogP contribution in [0.25, 0.3) is 0 Å². The van der Waals surface area contributed by atoms with E-state index in [0.717, 1.165) is 11.3 Å². The molecule has 0 bridgehead atoms. The van der Waals surface area contributed by atoms with Crippen molar-refractivity contribution in [3.05, 3.63) is 90.0 Å². The molecule has 3 aromatic carbocycles. The minimum absolute atomic E-state index is 0.0494. The lowest BCUT2D eigenvalue weighted by atomic mass is 10.1. The highest BCUT2D eigenvalue weighted by atomic mass is 32.2. The number of thioether (sulfide) groups is 1. The van der Waals surface area contributed by atoms with Crippen LogP contribution in [0.15, 0.2) is 83.9 Å². The molecule has 4 rings (SSSR count). The molecule has 196 valence electrons. The Balaban J connectivity index is 1.48. The summed E-state index contributed by atoms with van der Waals surface area (Å²) in [6.07, 6.45) is 0.682. The predicted octanol–water partition coefficient (Wildman–Crippen LogP) is 5.07. The molecule has 2 amide bonds. The van der Waals surface area contributed by atoms with Gasteiger partial charge in [0.2, 0.25) is 11.8 Å². The average molecular weight is 532 g/mol. The van der Waals surface area contributed by atoms with E-state index >= 15 is 0 Å². The van der Waals surface area contributed by atoms with Crippen LogP contribution in [0, 0.1) is 0 Å². The number of anilines is 1.